The van der Waals surface area contributed by atoms with Crippen LogP contribution < -0.4 is 20.6 Å². The molecule has 1 fully saturated rings. The highest BCUT2D eigenvalue weighted by Crippen LogP contribution is 2.41. The van der Waals surface area contributed by atoms with E-state index in [9.17, 15) is 19.2 Å². The molecule has 2 amide bonds. The zero-order valence-electron chi connectivity index (χ0n) is 25.5. The van der Waals surface area contributed by atoms with Crippen LogP contribution in [0.2, 0.25) is 0 Å². The van der Waals surface area contributed by atoms with Gasteiger partial charge in [0, 0.05) is 11.6 Å². The first-order valence-electron chi connectivity index (χ1n) is 13.7. The van der Waals surface area contributed by atoms with E-state index in [1.165, 1.54) is 41.7 Å². The Bertz CT molecular complexity index is 1440. The van der Waals surface area contributed by atoms with Crippen molar-refractivity contribution < 1.29 is 38.2 Å². The number of nitrogens with two attached hydrogens (primary N) is 1. The standard InChI is InChI=1S/C28H35ClN6O8S2/c1-27(2,3)42-26(39)28(4,5)43-32-21(34-12-18(30)45-33-34)22(36)31-19-23(37)35-20(16(11-29)14-44-24(19)35)25(38)41-13-15-7-9-17(40-6)10-8-15/h7-10,12,19,24,33H,11,13-14,30H2,1-6H3,(H,31,36)/b32-21-/t19?,24-/m1/s1. The van der Waals surface area contributed by atoms with E-state index in [4.69, 9.17) is 36.4 Å². The van der Waals surface area contributed by atoms with E-state index in [0.29, 0.717) is 22.1 Å². The minimum atomic E-state index is -1.56. The van der Waals surface area contributed by atoms with Crippen molar-refractivity contribution in [1.82, 2.24) is 20.1 Å². The molecule has 45 heavy (non-hydrogen) atoms. The number of nitrogens with one attached hydrogen (secondary N) is 2. The number of carbonyl (C=O) groups excluding carboxylic acids is 4. The summed E-state index contributed by atoms with van der Waals surface area (Å²) in [7, 11) is 1.55. The van der Waals surface area contributed by atoms with Gasteiger partial charge < -0.3 is 30.1 Å². The minimum Gasteiger partial charge on any atom is -0.497 e. The number of thioether (sulfide) groups is 1. The summed E-state index contributed by atoms with van der Waals surface area (Å²) in [6.45, 7) is 7.99. The average Bonchev–Trinajstić information content (AvgIpc) is 3.42. The number of methoxy groups -OCH3 is 1. The van der Waals surface area contributed by atoms with Crippen molar-refractivity contribution in [2.45, 2.75) is 63.8 Å². The first kappa shape index (κ1) is 34.3. The highest BCUT2D eigenvalue weighted by molar-refractivity contribution is 8.01. The van der Waals surface area contributed by atoms with E-state index in [1.807, 2.05) is 0 Å². The highest BCUT2D eigenvalue weighted by Gasteiger charge is 2.55. The van der Waals surface area contributed by atoms with Crippen LogP contribution in [-0.2, 0) is 40.1 Å². The van der Waals surface area contributed by atoms with Gasteiger partial charge in [0.25, 0.3) is 17.6 Å². The Kier molecular flexibility index (Phi) is 10.5. The number of nitrogens with zero attached hydrogens (tertiary/aromatic N) is 3. The molecule has 4 N–H and O–H groups in total. The van der Waals surface area contributed by atoms with Crippen molar-refractivity contribution in [2.24, 2.45) is 10.9 Å². The van der Waals surface area contributed by atoms with Gasteiger partial charge in [-0.15, -0.1) is 23.4 Å². The average molecular weight is 683 g/mol. The molecule has 1 aromatic rings. The van der Waals surface area contributed by atoms with Gasteiger partial charge in [0.1, 0.15) is 40.1 Å². The first-order chi connectivity index (χ1) is 21.1. The van der Waals surface area contributed by atoms with Crippen LogP contribution in [0.5, 0.6) is 5.75 Å². The molecule has 1 unspecified atom stereocenters. The van der Waals surface area contributed by atoms with Crippen molar-refractivity contribution >= 4 is 64.9 Å². The fourth-order valence-electron chi connectivity index (χ4n) is 4.10. The summed E-state index contributed by atoms with van der Waals surface area (Å²) < 4.78 is 16.1. The van der Waals surface area contributed by atoms with Crippen LogP contribution in [0.1, 0.15) is 40.2 Å². The molecule has 1 saturated heterocycles. The summed E-state index contributed by atoms with van der Waals surface area (Å²) >= 11 is 8.49. The van der Waals surface area contributed by atoms with Gasteiger partial charge >= 0.3 is 11.9 Å². The number of rotatable bonds is 9. The molecule has 0 spiro atoms. The fourth-order valence-corrected chi connectivity index (χ4v) is 6.28. The Morgan fingerprint density at radius 1 is 1.18 bits per heavy atom. The first-order valence-corrected chi connectivity index (χ1v) is 16.1. The number of β-lactam (4-membered cyclic amide) rings is 1. The van der Waals surface area contributed by atoms with Crippen molar-refractivity contribution in [2.75, 3.05) is 18.7 Å². The topological polar surface area (TPSA) is 174 Å². The number of esters is 2. The lowest BCUT2D eigenvalue weighted by Crippen LogP contribution is -2.71. The SMILES string of the molecule is COc1ccc(COC(=O)C2=C(CCl)CS[C@@H]3C(NC(=O)/C(=N/OC(C)(C)C(=O)OC(C)(C)C)N4C=C(N)SN4)C(=O)N23)cc1. The molecule has 3 heterocycles. The largest absolute Gasteiger partial charge is 0.497 e. The maximum Gasteiger partial charge on any atom is 0.355 e. The number of benzene rings is 1. The van der Waals surface area contributed by atoms with E-state index in [1.54, 1.807) is 52.1 Å². The second-order valence-corrected chi connectivity index (χ2v) is 13.7. The summed E-state index contributed by atoms with van der Waals surface area (Å²) in [4.78, 5) is 62.3. The van der Waals surface area contributed by atoms with E-state index in [-0.39, 0.29) is 24.0 Å². The van der Waals surface area contributed by atoms with Gasteiger partial charge in [-0.1, -0.05) is 17.3 Å². The maximum absolute atomic E-state index is 13.5. The van der Waals surface area contributed by atoms with Gasteiger partial charge in [-0.25, -0.2) is 14.6 Å². The van der Waals surface area contributed by atoms with E-state index >= 15 is 0 Å². The molecular weight excluding hydrogens is 648 g/mol. The molecule has 14 nitrogen and oxygen atoms in total. The quantitative estimate of drug-likeness (QED) is 0.0659. The Labute approximate surface area is 274 Å². The highest BCUT2D eigenvalue weighted by atomic mass is 35.5. The Morgan fingerprint density at radius 3 is 2.44 bits per heavy atom. The minimum absolute atomic E-state index is 0.0150. The summed E-state index contributed by atoms with van der Waals surface area (Å²) in [6, 6.07) is 6.00. The molecule has 17 heteroatoms. The summed E-state index contributed by atoms with van der Waals surface area (Å²) in [5.41, 5.74) is 4.83. The summed E-state index contributed by atoms with van der Waals surface area (Å²) in [5.74, 6) is -2.05. The number of hydrogen-bond donors (Lipinski definition) is 3. The molecule has 3 aliphatic heterocycles. The van der Waals surface area contributed by atoms with Crippen molar-refractivity contribution in [3.05, 3.63) is 52.3 Å². The predicted molar refractivity (Wildman–Crippen MR) is 169 cm³/mol. The van der Waals surface area contributed by atoms with E-state index in [0.717, 1.165) is 17.5 Å². The monoisotopic (exact) mass is 682 g/mol. The smallest absolute Gasteiger partial charge is 0.355 e. The molecule has 3 aliphatic rings. The molecule has 244 valence electrons. The number of fused-ring (bicyclic) bond motifs is 1. The fraction of sp³-hybridized carbons (Fsp3) is 0.464. The molecule has 0 aliphatic carbocycles. The van der Waals surface area contributed by atoms with Gasteiger partial charge in [0.15, 0.2) is 0 Å². The third kappa shape index (κ3) is 7.98. The van der Waals surface area contributed by atoms with Crippen LogP contribution in [0.3, 0.4) is 0 Å². The van der Waals surface area contributed by atoms with Crippen LogP contribution >= 0.6 is 35.3 Å². The lowest BCUT2D eigenvalue weighted by Gasteiger charge is -2.49. The van der Waals surface area contributed by atoms with E-state index < -0.39 is 46.4 Å². The molecule has 0 radical (unpaired) electrons. The summed E-state index contributed by atoms with van der Waals surface area (Å²) in [5, 5.41) is 7.52. The van der Waals surface area contributed by atoms with Crippen LogP contribution in [0.15, 0.2) is 51.9 Å². The van der Waals surface area contributed by atoms with Gasteiger partial charge in [0.05, 0.1) is 13.3 Å². The number of hydrogen-bond acceptors (Lipinski definition) is 13. The molecule has 0 bridgehead atoms. The number of amides is 2. The molecule has 0 saturated carbocycles. The number of ether oxygens (including phenoxy) is 3. The van der Waals surface area contributed by atoms with Crippen molar-refractivity contribution in [3.8, 4) is 5.75 Å². The van der Waals surface area contributed by atoms with Gasteiger partial charge in [0.2, 0.25) is 5.60 Å². The molecular formula is C28H35ClN6O8S2. The molecule has 2 atom stereocenters. The van der Waals surface area contributed by atoms with Gasteiger partial charge in [-0.05, 0) is 69.8 Å². The summed E-state index contributed by atoms with van der Waals surface area (Å²) in [6.07, 6.45) is 1.39. The molecule has 1 aromatic carbocycles. The number of alkyl halides is 1. The van der Waals surface area contributed by atoms with Crippen molar-refractivity contribution in [3.63, 3.8) is 0 Å². The lowest BCUT2D eigenvalue weighted by atomic mass is 10.0. The van der Waals surface area contributed by atoms with Gasteiger partial charge in [-0.3, -0.25) is 14.5 Å². The third-order valence-electron chi connectivity index (χ3n) is 6.42. The normalized spacial score (nSPS) is 20.2. The number of halogens is 1. The second kappa shape index (κ2) is 13.8. The predicted octanol–water partition coefficient (Wildman–Crippen LogP) is 2.31. The Hall–Kier alpha value is -3.60. The Morgan fingerprint density at radius 2 is 1.87 bits per heavy atom. The van der Waals surface area contributed by atoms with Crippen LogP contribution in [-0.4, -0.2) is 80.9 Å². The zero-order valence-corrected chi connectivity index (χ0v) is 27.9. The van der Waals surface area contributed by atoms with Gasteiger partial charge in [-0.2, -0.15) is 4.83 Å². The lowest BCUT2D eigenvalue weighted by molar-refractivity contribution is -0.179. The van der Waals surface area contributed by atoms with Crippen molar-refractivity contribution in [1.29, 1.82) is 0 Å². The zero-order chi connectivity index (χ0) is 33.1. The third-order valence-corrected chi connectivity index (χ3v) is 8.71. The second-order valence-electron chi connectivity index (χ2n) is 11.5. The van der Waals surface area contributed by atoms with Crippen LogP contribution in [0.25, 0.3) is 0 Å². The Balaban J connectivity index is 1.48. The number of carbonyl (C=O) groups is 4. The van der Waals surface area contributed by atoms with Crippen LogP contribution in [0.4, 0.5) is 0 Å². The molecule has 4 rings (SSSR count). The number of oxime groups is 1. The number of amidine groups is 1. The van der Waals surface area contributed by atoms with E-state index in [2.05, 4.69) is 15.3 Å². The molecule has 0 aromatic heterocycles. The maximum atomic E-state index is 13.5. The number of hydrazine groups is 1. The van der Waals surface area contributed by atoms with Crippen LogP contribution in [0, 0.1) is 0 Å².